The number of hydrogen-bond acceptors (Lipinski definition) is 3. The standard InChI is InChI=1S/C27H21BrO3/c1-19-2-6-21(7-3-19)22-10-14-26(15-11-22)31-27(29)23-8-4-20(5-9-23)18-30-25-16-12-24(28)13-17-25/h2-17H,18H2,1H3. The molecule has 0 radical (unpaired) electrons. The van der Waals surface area contributed by atoms with E-state index in [0.717, 1.165) is 26.9 Å². The summed E-state index contributed by atoms with van der Waals surface area (Å²) in [4.78, 5) is 12.5. The first kappa shape index (κ1) is 20.9. The molecule has 3 nitrogen and oxygen atoms in total. The average molecular weight is 473 g/mol. The van der Waals surface area contributed by atoms with Crippen molar-refractivity contribution in [2.45, 2.75) is 13.5 Å². The summed E-state index contributed by atoms with van der Waals surface area (Å²) < 4.78 is 12.3. The van der Waals surface area contributed by atoms with E-state index in [2.05, 4.69) is 47.1 Å². The van der Waals surface area contributed by atoms with Gasteiger partial charge in [-0.15, -0.1) is 0 Å². The van der Waals surface area contributed by atoms with E-state index in [4.69, 9.17) is 9.47 Å². The number of esters is 1. The van der Waals surface area contributed by atoms with Crippen LogP contribution in [0.3, 0.4) is 0 Å². The van der Waals surface area contributed by atoms with E-state index in [1.54, 1.807) is 12.1 Å². The first-order valence-corrected chi connectivity index (χ1v) is 10.7. The minimum atomic E-state index is -0.386. The SMILES string of the molecule is Cc1ccc(-c2ccc(OC(=O)c3ccc(COc4ccc(Br)cc4)cc3)cc2)cc1. The van der Waals surface area contributed by atoms with Crippen molar-refractivity contribution in [1.82, 2.24) is 0 Å². The molecule has 0 aliphatic heterocycles. The molecule has 0 saturated carbocycles. The fourth-order valence-electron chi connectivity index (χ4n) is 3.06. The zero-order chi connectivity index (χ0) is 21.6. The van der Waals surface area contributed by atoms with E-state index >= 15 is 0 Å². The second-order valence-electron chi connectivity index (χ2n) is 7.22. The van der Waals surface area contributed by atoms with E-state index in [0.29, 0.717) is 17.9 Å². The highest BCUT2D eigenvalue weighted by molar-refractivity contribution is 9.10. The van der Waals surface area contributed by atoms with Gasteiger partial charge in [-0.3, -0.25) is 0 Å². The van der Waals surface area contributed by atoms with Gasteiger partial charge >= 0.3 is 5.97 Å². The smallest absolute Gasteiger partial charge is 0.343 e. The van der Waals surface area contributed by atoms with Gasteiger partial charge in [0.2, 0.25) is 0 Å². The average Bonchev–Trinajstić information content (AvgIpc) is 2.80. The molecule has 154 valence electrons. The van der Waals surface area contributed by atoms with Crippen molar-refractivity contribution in [2.24, 2.45) is 0 Å². The van der Waals surface area contributed by atoms with Crippen LogP contribution in [0.4, 0.5) is 0 Å². The Morgan fingerprint density at radius 2 is 1.26 bits per heavy atom. The molecular weight excluding hydrogens is 452 g/mol. The minimum Gasteiger partial charge on any atom is -0.489 e. The van der Waals surface area contributed by atoms with Crippen molar-refractivity contribution < 1.29 is 14.3 Å². The van der Waals surface area contributed by atoms with Crippen molar-refractivity contribution in [3.05, 3.63) is 118 Å². The van der Waals surface area contributed by atoms with Gasteiger partial charge in [-0.05, 0) is 72.1 Å². The van der Waals surface area contributed by atoms with Crippen molar-refractivity contribution in [1.29, 1.82) is 0 Å². The largest absolute Gasteiger partial charge is 0.489 e. The van der Waals surface area contributed by atoms with Crippen LogP contribution in [0.15, 0.2) is 102 Å². The van der Waals surface area contributed by atoms with Crippen molar-refractivity contribution in [3.8, 4) is 22.6 Å². The summed E-state index contributed by atoms with van der Waals surface area (Å²) in [5, 5.41) is 0. The van der Waals surface area contributed by atoms with Crippen LogP contribution in [0.1, 0.15) is 21.5 Å². The maximum Gasteiger partial charge on any atom is 0.343 e. The highest BCUT2D eigenvalue weighted by atomic mass is 79.9. The maximum absolute atomic E-state index is 12.5. The Labute approximate surface area is 190 Å². The summed E-state index contributed by atoms with van der Waals surface area (Å²) >= 11 is 3.40. The van der Waals surface area contributed by atoms with Crippen molar-refractivity contribution in [2.75, 3.05) is 0 Å². The fourth-order valence-corrected chi connectivity index (χ4v) is 3.33. The number of benzene rings is 4. The van der Waals surface area contributed by atoms with Gasteiger partial charge in [0, 0.05) is 4.47 Å². The summed E-state index contributed by atoms with van der Waals surface area (Å²) in [7, 11) is 0. The van der Waals surface area contributed by atoms with Gasteiger partial charge in [-0.1, -0.05) is 70.0 Å². The second-order valence-corrected chi connectivity index (χ2v) is 8.14. The molecule has 0 bridgehead atoms. The first-order chi connectivity index (χ1) is 15.1. The van der Waals surface area contributed by atoms with Gasteiger partial charge in [-0.25, -0.2) is 4.79 Å². The summed E-state index contributed by atoms with van der Waals surface area (Å²) in [5.41, 5.74) is 4.90. The van der Waals surface area contributed by atoms with Gasteiger partial charge in [0.05, 0.1) is 5.56 Å². The Balaban J connectivity index is 1.34. The first-order valence-electron chi connectivity index (χ1n) is 9.93. The maximum atomic E-state index is 12.5. The molecule has 0 N–H and O–H groups in total. The molecule has 0 aliphatic rings. The minimum absolute atomic E-state index is 0.386. The normalized spacial score (nSPS) is 10.5. The number of ether oxygens (including phenoxy) is 2. The van der Waals surface area contributed by atoms with E-state index in [9.17, 15) is 4.79 Å². The van der Waals surface area contributed by atoms with Gasteiger partial charge in [0.1, 0.15) is 18.1 Å². The quantitative estimate of drug-likeness (QED) is 0.219. The number of rotatable bonds is 6. The Morgan fingerprint density at radius 3 is 1.87 bits per heavy atom. The van der Waals surface area contributed by atoms with Crippen LogP contribution in [0, 0.1) is 6.92 Å². The topological polar surface area (TPSA) is 35.5 Å². The van der Waals surface area contributed by atoms with Crippen LogP contribution in [-0.4, -0.2) is 5.97 Å². The molecule has 4 heteroatoms. The molecule has 0 saturated heterocycles. The molecule has 31 heavy (non-hydrogen) atoms. The monoisotopic (exact) mass is 472 g/mol. The summed E-state index contributed by atoms with van der Waals surface area (Å²) in [5.74, 6) is 0.924. The third-order valence-electron chi connectivity index (χ3n) is 4.86. The molecule has 0 atom stereocenters. The lowest BCUT2D eigenvalue weighted by Crippen LogP contribution is -2.08. The number of aryl methyl sites for hydroxylation is 1. The molecular formula is C27H21BrO3. The molecule has 4 aromatic carbocycles. The van der Waals surface area contributed by atoms with Crippen LogP contribution in [0.25, 0.3) is 11.1 Å². The second kappa shape index (κ2) is 9.63. The van der Waals surface area contributed by atoms with Crippen LogP contribution in [0.5, 0.6) is 11.5 Å². The summed E-state index contributed by atoms with van der Waals surface area (Å²) in [6.45, 7) is 2.49. The molecule has 0 aromatic heterocycles. The molecule has 0 spiro atoms. The predicted molar refractivity (Wildman–Crippen MR) is 126 cm³/mol. The van der Waals surface area contributed by atoms with Gasteiger partial charge < -0.3 is 9.47 Å². The zero-order valence-electron chi connectivity index (χ0n) is 17.0. The lowest BCUT2D eigenvalue weighted by Gasteiger charge is -2.08. The van der Waals surface area contributed by atoms with E-state index in [1.165, 1.54) is 5.56 Å². The number of carbonyl (C=O) groups is 1. The highest BCUT2D eigenvalue weighted by Crippen LogP contribution is 2.23. The van der Waals surface area contributed by atoms with Gasteiger partial charge in [-0.2, -0.15) is 0 Å². The molecule has 0 fully saturated rings. The number of hydrogen-bond donors (Lipinski definition) is 0. The third-order valence-corrected chi connectivity index (χ3v) is 5.39. The van der Waals surface area contributed by atoms with Crippen LogP contribution in [-0.2, 0) is 6.61 Å². The van der Waals surface area contributed by atoms with E-state index < -0.39 is 0 Å². The molecule has 0 unspecified atom stereocenters. The lowest BCUT2D eigenvalue weighted by atomic mass is 10.0. The third kappa shape index (κ3) is 5.62. The molecule has 4 aromatic rings. The number of carbonyl (C=O) groups excluding carboxylic acids is 1. The molecule has 0 amide bonds. The van der Waals surface area contributed by atoms with Crippen molar-refractivity contribution in [3.63, 3.8) is 0 Å². The molecule has 0 heterocycles. The zero-order valence-corrected chi connectivity index (χ0v) is 18.6. The summed E-state index contributed by atoms with van der Waals surface area (Å²) in [6.07, 6.45) is 0. The van der Waals surface area contributed by atoms with Gasteiger partial charge in [0.15, 0.2) is 0 Å². The summed E-state index contributed by atoms with van der Waals surface area (Å²) in [6, 6.07) is 30.8. The Kier molecular flexibility index (Phi) is 6.48. The lowest BCUT2D eigenvalue weighted by molar-refractivity contribution is 0.0734. The highest BCUT2D eigenvalue weighted by Gasteiger charge is 2.09. The Hall–Kier alpha value is -3.37. The molecule has 4 rings (SSSR count). The van der Waals surface area contributed by atoms with E-state index in [1.807, 2.05) is 60.7 Å². The Morgan fingerprint density at radius 1 is 0.710 bits per heavy atom. The van der Waals surface area contributed by atoms with Gasteiger partial charge in [0.25, 0.3) is 0 Å². The van der Waals surface area contributed by atoms with Crippen LogP contribution < -0.4 is 9.47 Å². The molecule has 0 aliphatic carbocycles. The number of halogens is 1. The predicted octanol–water partition coefficient (Wildman–Crippen LogP) is 7.22. The fraction of sp³-hybridized carbons (Fsp3) is 0.0741. The Bertz CT molecular complexity index is 1150. The van der Waals surface area contributed by atoms with Crippen LogP contribution >= 0.6 is 15.9 Å². The van der Waals surface area contributed by atoms with E-state index in [-0.39, 0.29) is 5.97 Å². The van der Waals surface area contributed by atoms with Crippen LogP contribution in [0.2, 0.25) is 0 Å². The van der Waals surface area contributed by atoms with Crippen molar-refractivity contribution >= 4 is 21.9 Å².